The molecule has 0 N–H and O–H groups in total. The van der Waals surface area contributed by atoms with Crippen LogP contribution in [0, 0.1) is 5.92 Å². The zero-order chi connectivity index (χ0) is 8.81. The van der Waals surface area contributed by atoms with E-state index in [1.165, 1.54) is 16.1 Å². The summed E-state index contributed by atoms with van der Waals surface area (Å²) in [5.74, 6) is 0.878. The van der Waals surface area contributed by atoms with Crippen molar-refractivity contribution in [3.8, 4) is 0 Å². The largest absolute Gasteiger partial charge is 0.207 e. The van der Waals surface area contributed by atoms with E-state index in [9.17, 15) is 0 Å². The van der Waals surface area contributed by atoms with Gasteiger partial charge in [0.2, 0.25) is 15.2 Å². The summed E-state index contributed by atoms with van der Waals surface area (Å²) in [7, 11) is 0. The highest BCUT2D eigenvalue weighted by atomic mass is 27.1. The molecule has 0 spiro atoms. The lowest BCUT2D eigenvalue weighted by Gasteiger charge is -2.02. The van der Waals surface area contributed by atoms with Gasteiger partial charge in [-0.25, -0.2) is 0 Å². The van der Waals surface area contributed by atoms with Crippen molar-refractivity contribution in [3.05, 3.63) is 35.9 Å². The van der Waals surface area contributed by atoms with E-state index in [1.54, 1.807) is 0 Å². The van der Waals surface area contributed by atoms with Gasteiger partial charge in [0, 0.05) is 0 Å². The molecule has 0 saturated heterocycles. The smallest absolute Gasteiger partial charge is 0.101 e. The molecular weight excluding hydrogens is 159 g/mol. The van der Waals surface area contributed by atoms with Gasteiger partial charge in [0.25, 0.3) is 0 Å². The van der Waals surface area contributed by atoms with Crippen LogP contribution in [0.4, 0.5) is 0 Å². The van der Waals surface area contributed by atoms with Crippen LogP contribution in [-0.4, -0.2) is 15.2 Å². The molecule has 1 rings (SSSR count). The fraction of sp³-hybridized carbons (Fsp3) is 0.455. The minimum absolute atomic E-state index is 0.628. The minimum Gasteiger partial charge on any atom is -0.101 e. The number of rotatable bonds is 4. The van der Waals surface area contributed by atoms with Crippen molar-refractivity contribution >= 4 is 15.2 Å². The number of benzene rings is 1. The fourth-order valence-corrected chi connectivity index (χ4v) is 2.64. The maximum Gasteiger partial charge on any atom is 0.207 e. The Morgan fingerprint density at radius 2 is 1.83 bits per heavy atom. The standard InChI is InChI=1S/C7H7.C4H9.Al/c1-7-5-3-2-4-6-7;1-4(2)3;/h2-6H,1H2;4H,1H2,2-3H3;. The molecule has 0 aromatic heterocycles. The van der Waals surface area contributed by atoms with E-state index in [4.69, 9.17) is 0 Å². The molecule has 0 nitrogen and oxygen atoms in total. The lowest BCUT2D eigenvalue weighted by atomic mass is 10.2. The Labute approximate surface area is 81.7 Å². The van der Waals surface area contributed by atoms with Crippen LogP contribution < -0.4 is 0 Å². The maximum absolute atomic E-state index is 2.30. The molecule has 63 valence electrons. The molecular formula is C11H16Al. The van der Waals surface area contributed by atoms with Gasteiger partial charge in [0.05, 0.1) is 0 Å². The highest BCUT2D eigenvalue weighted by molar-refractivity contribution is 6.34. The van der Waals surface area contributed by atoms with Crippen LogP contribution in [0.2, 0.25) is 5.28 Å². The van der Waals surface area contributed by atoms with Crippen molar-refractivity contribution in [2.24, 2.45) is 5.92 Å². The maximum atomic E-state index is 2.30. The lowest BCUT2D eigenvalue weighted by Crippen LogP contribution is -2.00. The molecule has 0 amide bonds. The predicted octanol–water partition coefficient (Wildman–Crippen LogP) is 2.97. The number of hydrogen-bond acceptors (Lipinski definition) is 0. The molecule has 0 atom stereocenters. The van der Waals surface area contributed by atoms with E-state index in [0.717, 1.165) is 5.92 Å². The summed E-state index contributed by atoms with van der Waals surface area (Å²) in [5, 5.41) is 2.74. The molecule has 1 aromatic carbocycles. The molecule has 1 heteroatoms. The quantitative estimate of drug-likeness (QED) is 0.617. The summed E-state index contributed by atoms with van der Waals surface area (Å²) in [6.45, 7) is 4.61. The highest BCUT2D eigenvalue weighted by Crippen LogP contribution is 2.03. The van der Waals surface area contributed by atoms with E-state index < -0.39 is 0 Å². The van der Waals surface area contributed by atoms with Crippen molar-refractivity contribution in [1.82, 2.24) is 0 Å². The van der Waals surface area contributed by atoms with Crippen LogP contribution in [0.5, 0.6) is 0 Å². The van der Waals surface area contributed by atoms with E-state index >= 15 is 0 Å². The third-order valence-corrected chi connectivity index (χ3v) is 3.90. The average molecular weight is 175 g/mol. The van der Waals surface area contributed by atoms with E-state index in [0.29, 0.717) is 15.2 Å². The van der Waals surface area contributed by atoms with Gasteiger partial charge in [-0.15, -0.1) is 5.28 Å². The summed E-state index contributed by atoms with van der Waals surface area (Å²) in [4.78, 5) is 0. The van der Waals surface area contributed by atoms with Gasteiger partial charge in [-0.3, -0.25) is 0 Å². The normalized spacial score (nSPS) is 10.2. The van der Waals surface area contributed by atoms with Crippen molar-refractivity contribution in [1.29, 1.82) is 0 Å². The Morgan fingerprint density at radius 3 is 2.42 bits per heavy atom. The van der Waals surface area contributed by atoms with Crippen LogP contribution in [0.25, 0.3) is 0 Å². The fourth-order valence-electron chi connectivity index (χ4n) is 1.20. The molecule has 0 aliphatic heterocycles. The zero-order valence-electron chi connectivity index (χ0n) is 7.96. The molecule has 1 aromatic rings. The van der Waals surface area contributed by atoms with Crippen molar-refractivity contribution in [2.45, 2.75) is 24.4 Å². The van der Waals surface area contributed by atoms with Crippen LogP contribution >= 0.6 is 0 Å². The van der Waals surface area contributed by atoms with Crippen LogP contribution in [0.15, 0.2) is 30.3 Å². The number of hydrogen-bond donors (Lipinski definition) is 0. The Kier molecular flexibility index (Phi) is 4.43. The van der Waals surface area contributed by atoms with Gasteiger partial charge in [-0.2, -0.15) is 0 Å². The van der Waals surface area contributed by atoms with E-state index in [1.807, 2.05) is 0 Å². The first-order chi connectivity index (χ1) is 5.79. The topological polar surface area (TPSA) is 0 Å². The van der Waals surface area contributed by atoms with Gasteiger partial charge in [-0.1, -0.05) is 60.9 Å². The molecule has 0 saturated carbocycles. The van der Waals surface area contributed by atoms with Gasteiger partial charge in [0.15, 0.2) is 0 Å². The summed E-state index contributed by atoms with van der Waals surface area (Å²) in [5.41, 5.74) is 1.51. The van der Waals surface area contributed by atoms with E-state index in [-0.39, 0.29) is 0 Å². The lowest BCUT2D eigenvalue weighted by molar-refractivity contribution is 0.729. The first-order valence-electron chi connectivity index (χ1n) is 4.64. The summed E-state index contributed by atoms with van der Waals surface area (Å²) in [6.07, 6.45) is 0. The summed E-state index contributed by atoms with van der Waals surface area (Å²) < 4.78 is 0. The second-order valence-electron chi connectivity index (χ2n) is 3.61. The first-order valence-corrected chi connectivity index (χ1v) is 6.28. The summed E-state index contributed by atoms with van der Waals surface area (Å²) >= 11 is 0.628. The highest BCUT2D eigenvalue weighted by Gasteiger charge is 1.97. The molecule has 0 bridgehead atoms. The molecule has 0 aliphatic carbocycles. The van der Waals surface area contributed by atoms with Gasteiger partial charge in [0.1, 0.15) is 0 Å². The van der Waals surface area contributed by atoms with Crippen LogP contribution in [-0.2, 0) is 5.28 Å². The monoisotopic (exact) mass is 175 g/mol. The molecule has 1 radical (unpaired) electrons. The minimum atomic E-state index is 0.628. The van der Waals surface area contributed by atoms with Gasteiger partial charge < -0.3 is 0 Å². The van der Waals surface area contributed by atoms with Crippen LogP contribution in [0.3, 0.4) is 0 Å². The third kappa shape index (κ3) is 3.95. The first kappa shape index (κ1) is 9.84. The Morgan fingerprint density at radius 1 is 1.17 bits per heavy atom. The molecule has 0 heterocycles. The molecule has 12 heavy (non-hydrogen) atoms. The van der Waals surface area contributed by atoms with Crippen molar-refractivity contribution in [2.75, 3.05) is 0 Å². The van der Waals surface area contributed by atoms with Crippen molar-refractivity contribution < 1.29 is 0 Å². The van der Waals surface area contributed by atoms with Gasteiger partial charge >= 0.3 is 0 Å². The Hall–Kier alpha value is -0.248. The second kappa shape index (κ2) is 5.41. The Bertz CT molecular complexity index is 204. The van der Waals surface area contributed by atoms with Crippen LogP contribution in [0.1, 0.15) is 19.4 Å². The predicted molar refractivity (Wildman–Crippen MR) is 55.5 cm³/mol. The average Bonchev–Trinajstić information content (AvgIpc) is 2.05. The molecule has 0 unspecified atom stereocenters. The van der Waals surface area contributed by atoms with Gasteiger partial charge in [-0.05, 0) is 0 Å². The summed E-state index contributed by atoms with van der Waals surface area (Å²) in [6, 6.07) is 10.8. The molecule has 0 aliphatic rings. The Balaban J connectivity index is 2.25. The van der Waals surface area contributed by atoms with E-state index in [2.05, 4.69) is 44.2 Å². The molecule has 0 fully saturated rings. The van der Waals surface area contributed by atoms with Crippen molar-refractivity contribution in [3.63, 3.8) is 0 Å². The zero-order valence-corrected chi connectivity index (χ0v) is 9.11. The SMILES string of the molecule is CC(C)[CH2][Al][CH2]c1ccccc1. The third-order valence-electron chi connectivity index (χ3n) is 1.86. The second-order valence-corrected chi connectivity index (χ2v) is 5.06.